The Kier molecular flexibility index (Phi) is 9.20. The van der Waals surface area contributed by atoms with Crippen LogP contribution < -0.4 is 4.90 Å². The Morgan fingerprint density at radius 1 is 1.20 bits per heavy atom. The summed E-state index contributed by atoms with van der Waals surface area (Å²) in [5.74, 6) is -0.178. The molecule has 0 N–H and O–H groups in total. The van der Waals surface area contributed by atoms with Gasteiger partial charge in [0.2, 0.25) is 0 Å². The van der Waals surface area contributed by atoms with E-state index < -0.39 is 27.4 Å². The van der Waals surface area contributed by atoms with Crippen molar-refractivity contribution in [2.75, 3.05) is 45.2 Å². The number of hydrogen-bond acceptors (Lipinski definition) is 7. The number of carbonyl (C=O) groups excluding carboxylic acids is 2. The van der Waals surface area contributed by atoms with E-state index in [1.165, 1.54) is 9.21 Å². The number of ether oxygens (including phenoxy) is 1. The molecule has 0 radical (unpaired) electrons. The van der Waals surface area contributed by atoms with Crippen LogP contribution >= 0.6 is 12.2 Å². The average molecular weight is 593 g/mol. The van der Waals surface area contributed by atoms with Gasteiger partial charge in [0.1, 0.15) is 11.1 Å². The Balaban J connectivity index is 1.80. The molecule has 40 heavy (non-hydrogen) atoms. The minimum atomic E-state index is -4.14. The highest BCUT2D eigenvalue weighted by atomic mass is 32.2. The Bertz CT molecular complexity index is 1310. The van der Waals surface area contributed by atoms with E-state index in [2.05, 4.69) is 4.85 Å². The second kappa shape index (κ2) is 11.6. The summed E-state index contributed by atoms with van der Waals surface area (Å²) in [6.07, 6.45) is -0.0515. The molecule has 1 aromatic carbocycles. The lowest BCUT2D eigenvalue weighted by Gasteiger charge is -2.42. The van der Waals surface area contributed by atoms with Crippen molar-refractivity contribution in [3.63, 3.8) is 0 Å². The topological polar surface area (TPSA) is 98.1 Å². The number of hydrogen-bond donors (Lipinski definition) is 0. The van der Waals surface area contributed by atoms with E-state index in [0.29, 0.717) is 35.9 Å². The molecule has 2 amide bonds. The molecule has 11 nitrogen and oxygen atoms in total. The van der Waals surface area contributed by atoms with Gasteiger partial charge in [-0.15, -0.1) is 0 Å². The van der Waals surface area contributed by atoms with E-state index >= 15 is 0 Å². The summed E-state index contributed by atoms with van der Waals surface area (Å²) in [6, 6.07) is 5.01. The predicted molar refractivity (Wildman–Crippen MR) is 158 cm³/mol. The van der Waals surface area contributed by atoms with E-state index in [1.807, 2.05) is 25.7 Å². The number of amides is 2. The molecule has 0 aromatic heterocycles. The fourth-order valence-electron chi connectivity index (χ4n) is 4.93. The first-order chi connectivity index (χ1) is 18.4. The van der Waals surface area contributed by atoms with Gasteiger partial charge in [0.05, 0.1) is 13.1 Å². The summed E-state index contributed by atoms with van der Waals surface area (Å²) in [6.45, 7) is 18.5. The summed E-state index contributed by atoms with van der Waals surface area (Å²) in [5.41, 5.74) is 0.0759. The summed E-state index contributed by atoms with van der Waals surface area (Å²) < 4.78 is 34.8. The Labute approximate surface area is 243 Å². The van der Waals surface area contributed by atoms with Crippen LogP contribution in [-0.4, -0.2) is 101 Å². The third kappa shape index (κ3) is 6.40. The monoisotopic (exact) mass is 592 g/mol. The predicted octanol–water partition coefficient (Wildman–Crippen LogP) is 3.77. The molecular weight excluding hydrogens is 552 g/mol. The Morgan fingerprint density at radius 2 is 1.80 bits per heavy atom. The lowest BCUT2D eigenvalue weighted by atomic mass is 9.97. The van der Waals surface area contributed by atoms with Crippen molar-refractivity contribution in [2.24, 2.45) is 0 Å². The van der Waals surface area contributed by atoms with Gasteiger partial charge in [-0.1, -0.05) is 6.07 Å². The number of benzene rings is 1. The minimum absolute atomic E-state index is 0.0391. The molecule has 0 saturated carbocycles. The first-order valence-electron chi connectivity index (χ1n) is 13.2. The third-order valence-corrected chi connectivity index (χ3v) is 9.31. The van der Waals surface area contributed by atoms with Gasteiger partial charge in [-0.05, 0) is 98.4 Å². The van der Waals surface area contributed by atoms with Crippen molar-refractivity contribution in [1.29, 1.82) is 0 Å². The molecule has 13 heteroatoms. The maximum atomic E-state index is 13.6. The van der Waals surface area contributed by atoms with Crippen LogP contribution in [0.3, 0.4) is 0 Å². The molecule has 220 valence electrons. The van der Waals surface area contributed by atoms with Crippen LogP contribution in [0.2, 0.25) is 0 Å². The number of thiocarbonyl (C=S) groups is 1. The Morgan fingerprint density at radius 3 is 2.30 bits per heavy atom. The van der Waals surface area contributed by atoms with Crippen LogP contribution in [0, 0.1) is 13.5 Å². The second-order valence-electron chi connectivity index (χ2n) is 11.9. The fourth-order valence-corrected chi connectivity index (χ4v) is 6.98. The molecule has 2 fully saturated rings. The van der Waals surface area contributed by atoms with Crippen LogP contribution in [0.4, 0.5) is 16.2 Å². The number of likely N-dealkylation sites (N-methyl/N-ethyl adjacent to an activating group) is 1. The lowest BCUT2D eigenvalue weighted by molar-refractivity contribution is -0.124. The standard InChI is InChI=1S/C27H40N6O5S2/c1-19-18-21(10-11-22(19)28-7)32-23(34)27(5,6)33(24(32)39)20-12-14-30(15-13-20)40(36,37)31(17-16-29(8)9)25(35)38-26(2,3)4/h10-11,18,20H,12-17H2,1-6,8-9H3. The highest BCUT2D eigenvalue weighted by molar-refractivity contribution is 7.87. The molecule has 0 bridgehead atoms. The first kappa shape index (κ1) is 31.7. The van der Waals surface area contributed by atoms with Gasteiger partial charge in [0.25, 0.3) is 5.91 Å². The molecule has 2 aliphatic rings. The van der Waals surface area contributed by atoms with Gasteiger partial charge < -0.3 is 14.5 Å². The molecule has 1 aromatic rings. The van der Waals surface area contributed by atoms with Crippen LogP contribution in [-0.2, 0) is 19.7 Å². The molecule has 2 saturated heterocycles. The van der Waals surface area contributed by atoms with Crippen LogP contribution in [0.5, 0.6) is 0 Å². The van der Waals surface area contributed by atoms with Gasteiger partial charge in [0, 0.05) is 31.4 Å². The number of nitrogens with zero attached hydrogens (tertiary/aromatic N) is 6. The molecule has 0 spiro atoms. The van der Waals surface area contributed by atoms with E-state index in [4.69, 9.17) is 23.5 Å². The molecular formula is C27H40N6O5S2. The normalized spacial score (nSPS) is 18.8. The summed E-state index contributed by atoms with van der Waals surface area (Å²) in [4.78, 5) is 35.2. The number of anilines is 1. The summed E-state index contributed by atoms with van der Waals surface area (Å²) in [5, 5.41) is 0.354. The van der Waals surface area contributed by atoms with E-state index in [1.54, 1.807) is 58.0 Å². The smallest absolute Gasteiger partial charge is 0.425 e. The van der Waals surface area contributed by atoms with Gasteiger partial charge in [-0.2, -0.15) is 17.0 Å². The van der Waals surface area contributed by atoms with Crippen molar-refractivity contribution < 1.29 is 22.7 Å². The SMILES string of the molecule is [C-]#[N+]c1ccc(N2C(=O)C(C)(C)N(C3CCN(S(=O)(=O)N(CCN(C)C)C(=O)OC(C)(C)C)CC3)C2=S)cc1C. The zero-order valence-electron chi connectivity index (χ0n) is 24.6. The minimum Gasteiger partial charge on any atom is -0.443 e. The molecule has 0 aliphatic carbocycles. The Hall–Kier alpha value is -2.79. The van der Waals surface area contributed by atoms with Crippen LogP contribution in [0.1, 0.15) is 53.0 Å². The zero-order chi connectivity index (χ0) is 30.2. The van der Waals surface area contributed by atoms with Gasteiger partial charge in [-0.25, -0.2) is 9.64 Å². The van der Waals surface area contributed by atoms with Crippen molar-refractivity contribution in [3.8, 4) is 0 Å². The average Bonchev–Trinajstić information content (AvgIpc) is 3.01. The van der Waals surface area contributed by atoms with Crippen molar-refractivity contribution in [2.45, 2.75) is 71.6 Å². The van der Waals surface area contributed by atoms with Crippen LogP contribution in [0.15, 0.2) is 18.2 Å². The van der Waals surface area contributed by atoms with E-state index in [-0.39, 0.29) is 31.6 Å². The molecule has 0 atom stereocenters. The zero-order valence-corrected chi connectivity index (χ0v) is 26.2. The number of carbonyl (C=O) groups is 2. The molecule has 2 heterocycles. The highest BCUT2D eigenvalue weighted by Gasteiger charge is 2.53. The van der Waals surface area contributed by atoms with E-state index in [0.717, 1.165) is 9.87 Å². The van der Waals surface area contributed by atoms with Crippen molar-refractivity contribution in [1.82, 2.24) is 18.4 Å². The largest absolute Gasteiger partial charge is 0.443 e. The first-order valence-corrected chi connectivity index (χ1v) is 15.0. The van der Waals surface area contributed by atoms with Crippen molar-refractivity contribution >= 4 is 50.9 Å². The third-order valence-electron chi connectivity index (χ3n) is 7.03. The van der Waals surface area contributed by atoms with Crippen LogP contribution in [0.25, 0.3) is 4.85 Å². The maximum Gasteiger partial charge on any atom is 0.425 e. The number of rotatable bonds is 7. The summed E-state index contributed by atoms with van der Waals surface area (Å²) in [7, 11) is -0.539. The number of piperidine rings is 1. The molecule has 0 unspecified atom stereocenters. The van der Waals surface area contributed by atoms with Crippen molar-refractivity contribution in [3.05, 3.63) is 35.2 Å². The van der Waals surface area contributed by atoms with E-state index in [9.17, 15) is 18.0 Å². The van der Waals surface area contributed by atoms with Gasteiger partial charge in [0.15, 0.2) is 10.8 Å². The summed E-state index contributed by atoms with van der Waals surface area (Å²) >= 11 is 5.81. The maximum absolute atomic E-state index is 13.6. The van der Waals surface area contributed by atoms with Gasteiger partial charge in [-0.3, -0.25) is 9.69 Å². The lowest BCUT2D eigenvalue weighted by Crippen LogP contribution is -2.56. The number of aryl methyl sites for hydroxylation is 1. The molecule has 3 rings (SSSR count). The second-order valence-corrected chi connectivity index (χ2v) is 14.1. The quantitative estimate of drug-likeness (QED) is 0.349. The van der Waals surface area contributed by atoms with Gasteiger partial charge >= 0.3 is 16.3 Å². The highest BCUT2D eigenvalue weighted by Crippen LogP contribution is 2.38. The molecule has 2 aliphatic heterocycles. The fraction of sp³-hybridized carbons (Fsp3) is 0.630.